The number of nitro groups is 1. The van der Waals surface area contributed by atoms with Crippen molar-refractivity contribution in [3.63, 3.8) is 0 Å². The second-order valence-corrected chi connectivity index (χ2v) is 13.2. The average molecular weight is 680 g/mol. The molecule has 1 aliphatic heterocycles. The Kier molecular flexibility index (Phi) is 7.21. The van der Waals surface area contributed by atoms with Gasteiger partial charge in [-0.15, -0.1) is 23.2 Å². The highest BCUT2D eigenvalue weighted by Gasteiger charge is 2.88. The topological polar surface area (TPSA) is 118 Å². The van der Waals surface area contributed by atoms with E-state index in [2.05, 4.69) is 0 Å². The van der Waals surface area contributed by atoms with Crippen molar-refractivity contribution in [1.82, 2.24) is 10.0 Å². The number of hydrogen-bond donors (Lipinski definition) is 0. The van der Waals surface area contributed by atoms with Gasteiger partial charge in [0.05, 0.1) is 26.8 Å². The molecule has 2 bridgehead atoms. The molecule has 0 aromatic heterocycles. The summed E-state index contributed by atoms with van der Waals surface area (Å²) in [5.74, 6) is -6.77. The maximum absolute atomic E-state index is 14.0. The number of aryl methyl sites for hydroxylation is 1. The first-order chi connectivity index (χ1) is 19.0. The lowest BCUT2D eigenvalue weighted by Gasteiger charge is -2.38. The molecule has 0 N–H and O–H groups in total. The van der Waals surface area contributed by atoms with Crippen molar-refractivity contribution in [3.05, 3.63) is 85.4 Å². The maximum Gasteiger partial charge on any atom is 0.273 e. The molecule has 0 radical (unpaired) electrons. The lowest BCUT2D eigenvalue weighted by Crippen LogP contribution is -2.59. The molecule has 5 atom stereocenters. The van der Waals surface area contributed by atoms with Gasteiger partial charge in [-0.05, 0) is 26.0 Å². The number of fused-ring (bicyclic) bond motifs is 5. The number of imide groups is 1. The quantitative estimate of drug-likeness (QED) is 0.122. The van der Waals surface area contributed by atoms with E-state index in [1.165, 1.54) is 19.1 Å². The number of carbonyl (C=O) groups is 4. The lowest BCUT2D eigenvalue weighted by atomic mass is 9.84. The largest absolute Gasteiger partial charge is 0.292 e. The summed E-state index contributed by atoms with van der Waals surface area (Å²) in [4.78, 5) is 61.8. The van der Waals surface area contributed by atoms with Gasteiger partial charge < -0.3 is 0 Å². The third-order valence-corrected chi connectivity index (χ3v) is 12.0. The molecule has 2 aromatic rings. The van der Waals surface area contributed by atoms with Crippen molar-refractivity contribution >= 4 is 98.8 Å². The monoisotopic (exact) mass is 677 g/mol. The lowest BCUT2D eigenvalue weighted by molar-refractivity contribution is -0.384. The van der Waals surface area contributed by atoms with Gasteiger partial charge in [-0.1, -0.05) is 76.2 Å². The van der Waals surface area contributed by atoms with Crippen LogP contribution in [0.25, 0.3) is 0 Å². The number of rotatable bonds is 6. The van der Waals surface area contributed by atoms with Crippen LogP contribution >= 0.6 is 69.6 Å². The molecule has 214 valence electrons. The molecular formula is C26H17Cl6N3O6. The summed E-state index contributed by atoms with van der Waals surface area (Å²) in [6.45, 7) is 3.14. The zero-order valence-electron chi connectivity index (χ0n) is 20.9. The molecule has 1 saturated carbocycles. The van der Waals surface area contributed by atoms with E-state index in [9.17, 15) is 29.3 Å². The molecule has 9 nitrogen and oxygen atoms in total. The van der Waals surface area contributed by atoms with Gasteiger partial charge in [0, 0.05) is 23.3 Å². The number of halogens is 6. The number of carbonyl (C=O) groups excluding carboxylic acids is 4. The maximum atomic E-state index is 14.0. The number of nitro benzene ring substituents is 1. The van der Waals surface area contributed by atoms with Gasteiger partial charge in [-0.25, -0.2) is 5.01 Å². The van der Waals surface area contributed by atoms with Crippen LogP contribution in [-0.2, 0) is 9.59 Å². The fourth-order valence-electron chi connectivity index (χ4n) is 5.56. The molecule has 1 saturated heterocycles. The highest BCUT2D eigenvalue weighted by molar-refractivity contribution is 6.66. The molecule has 3 aliphatic rings. The number of amides is 3. The van der Waals surface area contributed by atoms with Gasteiger partial charge in [-0.2, -0.15) is 5.01 Å². The van der Waals surface area contributed by atoms with Crippen LogP contribution in [0.1, 0.15) is 33.2 Å². The van der Waals surface area contributed by atoms with E-state index >= 15 is 0 Å². The Morgan fingerprint density at radius 3 is 1.76 bits per heavy atom. The zero-order valence-corrected chi connectivity index (χ0v) is 25.4. The van der Waals surface area contributed by atoms with E-state index in [0.29, 0.717) is 10.0 Å². The van der Waals surface area contributed by atoms with E-state index in [1.54, 1.807) is 12.1 Å². The highest BCUT2D eigenvalue weighted by Crippen LogP contribution is 2.77. The fraction of sp³-hybridized carbons (Fsp3) is 0.308. The molecule has 0 spiro atoms. The van der Waals surface area contributed by atoms with Gasteiger partial charge in [0.25, 0.3) is 23.4 Å². The summed E-state index contributed by atoms with van der Waals surface area (Å²) in [6, 6.07) is 9.41. The van der Waals surface area contributed by atoms with Crippen LogP contribution in [0.3, 0.4) is 0 Å². The first-order valence-electron chi connectivity index (χ1n) is 11.9. The van der Waals surface area contributed by atoms with Crippen LogP contribution in [0.4, 0.5) is 5.69 Å². The first kappa shape index (κ1) is 30.1. The van der Waals surface area contributed by atoms with Crippen LogP contribution in [0, 0.1) is 28.9 Å². The first-order valence-corrected chi connectivity index (χ1v) is 14.2. The van der Waals surface area contributed by atoms with Crippen molar-refractivity contribution in [1.29, 1.82) is 0 Å². The molecular weight excluding hydrogens is 663 g/mol. The number of ketones is 1. The van der Waals surface area contributed by atoms with Gasteiger partial charge >= 0.3 is 0 Å². The molecule has 1 heterocycles. The van der Waals surface area contributed by atoms with Crippen molar-refractivity contribution in [2.75, 3.05) is 0 Å². The summed E-state index contributed by atoms with van der Waals surface area (Å²) < 4.78 is -2.19. The Bertz CT molecular complexity index is 1530. The van der Waals surface area contributed by atoms with Crippen LogP contribution in [0.2, 0.25) is 0 Å². The molecule has 2 aromatic carbocycles. The van der Waals surface area contributed by atoms with Crippen LogP contribution in [-0.4, -0.2) is 58.6 Å². The molecule has 3 amide bonds. The number of nitrogens with zero attached hydrogens (tertiary/aromatic N) is 3. The molecule has 0 unspecified atom stereocenters. The van der Waals surface area contributed by atoms with E-state index < -0.39 is 60.4 Å². The minimum atomic E-state index is -2.19. The highest BCUT2D eigenvalue weighted by atomic mass is 35.5. The number of hydrazine groups is 1. The summed E-state index contributed by atoms with van der Waals surface area (Å²) in [5, 5.41) is 11.7. The molecule has 2 fully saturated rings. The average Bonchev–Trinajstić information content (AvgIpc) is 3.32. The van der Waals surface area contributed by atoms with E-state index in [1.807, 2.05) is 6.92 Å². The Labute approximate surface area is 262 Å². The number of alkyl halides is 4. The fourth-order valence-corrected chi connectivity index (χ4v) is 8.49. The second-order valence-electron chi connectivity index (χ2n) is 9.93. The van der Waals surface area contributed by atoms with E-state index in [0.717, 1.165) is 29.8 Å². The standard InChI is InChI=1S/C26H17Cl6N3O6/c1-11-3-5-13(6-4-11)18(36)12(2)33(21(37)14-7-9-15(10-8-14)35(40)41)34-22(38)16-17(23(34)39)25(30)20(28)19(27)24(16,29)26(25,31)32/h3-10,12,16-17H,1-2H3/t12-,16-,17+,24-,25-/m1/s1. The summed E-state index contributed by atoms with van der Waals surface area (Å²) in [6.07, 6.45) is 0. The molecule has 5 rings (SSSR count). The molecule has 15 heteroatoms. The van der Waals surface area contributed by atoms with Crippen molar-refractivity contribution in [2.45, 2.75) is 34.0 Å². The van der Waals surface area contributed by atoms with E-state index in [-0.39, 0.29) is 26.9 Å². The SMILES string of the molecule is Cc1ccc(C(=O)[C@@H](C)N(C(=O)c2ccc([N+](=O)[O-])cc2)N2C(=O)[C@@H]3[C@H](C2=O)[C@@]2(Cl)C(Cl)=C(Cl)[C@@]3(Cl)C2(Cl)Cl)cc1. The third kappa shape index (κ3) is 3.83. The minimum absolute atomic E-state index is 0.154. The van der Waals surface area contributed by atoms with Gasteiger partial charge in [0.1, 0.15) is 15.8 Å². The zero-order chi connectivity index (χ0) is 30.4. The smallest absolute Gasteiger partial charge is 0.273 e. The predicted molar refractivity (Wildman–Crippen MR) is 153 cm³/mol. The van der Waals surface area contributed by atoms with Crippen LogP contribution in [0.5, 0.6) is 0 Å². The van der Waals surface area contributed by atoms with Gasteiger partial charge in [-0.3, -0.25) is 29.3 Å². The number of benzene rings is 2. The Morgan fingerprint density at radius 2 is 1.32 bits per heavy atom. The van der Waals surface area contributed by atoms with Gasteiger partial charge in [0.15, 0.2) is 10.1 Å². The Balaban J connectivity index is 1.63. The summed E-state index contributed by atoms with van der Waals surface area (Å²) in [7, 11) is 0. The van der Waals surface area contributed by atoms with Gasteiger partial charge in [0.2, 0.25) is 0 Å². The number of hydrogen-bond acceptors (Lipinski definition) is 6. The molecule has 2 aliphatic carbocycles. The molecule has 41 heavy (non-hydrogen) atoms. The van der Waals surface area contributed by atoms with Crippen molar-refractivity contribution in [3.8, 4) is 0 Å². The summed E-state index contributed by atoms with van der Waals surface area (Å²) in [5.41, 5.74) is 0.604. The normalized spacial score (nSPS) is 28.6. The Hall–Kier alpha value is -2.40. The third-order valence-electron chi connectivity index (χ3n) is 7.72. The van der Waals surface area contributed by atoms with Crippen molar-refractivity contribution < 1.29 is 24.1 Å². The van der Waals surface area contributed by atoms with Crippen molar-refractivity contribution in [2.24, 2.45) is 11.8 Å². The number of allylic oxidation sites excluding steroid dienone is 2. The summed E-state index contributed by atoms with van der Waals surface area (Å²) >= 11 is 39.4. The predicted octanol–water partition coefficient (Wildman–Crippen LogP) is 5.98. The number of Topliss-reactive ketones (excluding diaryl/α,β-unsaturated/α-hetero) is 1. The second kappa shape index (κ2) is 9.82. The Morgan fingerprint density at radius 1 is 0.878 bits per heavy atom. The van der Waals surface area contributed by atoms with Crippen LogP contribution in [0.15, 0.2) is 58.6 Å². The minimum Gasteiger partial charge on any atom is -0.292 e. The number of non-ortho nitro benzene ring substituents is 1. The van der Waals surface area contributed by atoms with E-state index in [4.69, 9.17) is 69.6 Å². The van der Waals surface area contributed by atoms with Crippen LogP contribution < -0.4 is 0 Å².